The van der Waals surface area contributed by atoms with Gasteiger partial charge >= 0.3 is 0 Å². The van der Waals surface area contributed by atoms with Gasteiger partial charge in [-0.3, -0.25) is 0 Å². The van der Waals surface area contributed by atoms with E-state index in [-0.39, 0.29) is 27.4 Å². The normalized spacial score (nSPS) is 10.7. The van der Waals surface area contributed by atoms with Crippen LogP contribution in [-0.2, 0) is 13.2 Å². The average Bonchev–Trinajstić information content (AvgIpc) is 2.70. The molecule has 0 fully saturated rings. The second-order valence-electron chi connectivity index (χ2n) is 6.26. The van der Waals surface area contributed by atoms with Gasteiger partial charge in [-0.1, -0.05) is 52.5 Å². The molecule has 30 heavy (non-hydrogen) atoms. The first kappa shape index (κ1) is 22.6. The summed E-state index contributed by atoms with van der Waals surface area (Å²) in [4.78, 5) is 0. The van der Waals surface area contributed by atoms with E-state index in [4.69, 9.17) is 55.9 Å². The fraction of sp³-hybridized carbons (Fsp3) is 0.143. The summed E-state index contributed by atoms with van der Waals surface area (Å²) in [5, 5.41) is 13.8. The zero-order chi connectivity index (χ0) is 21.8. The Morgan fingerprint density at radius 2 is 1.53 bits per heavy atom. The maximum absolute atomic E-state index is 13.2. The molecule has 0 aliphatic heterocycles. The third kappa shape index (κ3) is 5.35. The highest BCUT2D eigenvalue weighted by atomic mass is 35.5. The number of hydrogen-bond donors (Lipinski definition) is 2. The Balaban J connectivity index is 1.75. The van der Waals surface area contributed by atoms with Crippen molar-refractivity contribution in [1.82, 2.24) is 0 Å². The van der Waals surface area contributed by atoms with Crippen LogP contribution in [0.2, 0.25) is 20.1 Å². The van der Waals surface area contributed by atoms with Crippen LogP contribution in [0.1, 0.15) is 11.1 Å². The van der Waals surface area contributed by atoms with E-state index in [2.05, 4.69) is 5.32 Å². The number of nitrogens with one attached hydrogen (secondary N) is 1. The fourth-order valence-corrected chi connectivity index (χ4v) is 3.57. The number of hydrogen-bond acceptors (Lipinski definition) is 4. The third-order valence-corrected chi connectivity index (χ3v) is 5.51. The Kier molecular flexibility index (Phi) is 7.42. The van der Waals surface area contributed by atoms with E-state index in [1.165, 1.54) is 19.2 Å². The Morgan fingerprint density at radius 1 is 0.867 bits per heavy atom. The van der Waals surface area contributed by atoms with Crippen molar-refractivity contribution >= 4 is 52.1 Å². The van der Waals surface area contributed by atoms with Gasteiger partial charge in [0.15, 0.2) is 17.2 Å². The highest BCUT2D eigenvalue weighted by Crippen LogP contribution is 2.37. The van der Waals surface area contributed by atoms with E-state index in [0.717, 1.165) is 5.56 Å². The van der Waals surface area contributed by atoms with E-state index in [1.807, 2.05) is 0 Å². The molecule has 0 heterocycles. The Labute approximate surface area is 193 Å². The van der Waals surface area contributed by atoms with Crippen molar-refractivity contribution < 1.29 is 19.0 Å². The van der Waals surface area contributed by atoms with Crippen molar-refractivity contribution in [2.24, 2.45) is 0 Å². The molecule has 0 aromatic heterocycles. The number of halogens is 5. The molecule has 2 N–H and O–H groups in total. The maximum atomic E-state index is 13.2. The Morgan fingerprint density at radius 3 is 2.17 bits per heavy atom. The van der Waals surface area contributed by atoms with E-state index < -0.39 is 5.82 Å². The molecule has 0 unspecified atom stereocenters. The molecule has 158 valence electrons. The van der Waals surface area contributed by atoms with Crippen LogP contribution >= 0.6 is 46.4 Å². The number of ether oxygens (including phenoxy) is 2. The highest BCUT2D eigenvalue weighted by Gasteiger charge is 2.13. The quantitative estimate of drug-likeness (QED) is 0.340. The zero-order valence-electron chi connectivity index (χ0n) is 15.6. The van der Waals surface area contributed by atoms with Crippen LogP contribution in [0.25, 0.3) is 0 Å². The molecule has 3 rings (SSSR count). The minimum atomic E-state index is -0.419. The van der Waals surface area contributed by atoms with E-state index in [9.17, 15) is 9.50 Å². The van der Waals surface area contributed by atoms with Crippen molar-refractivity contribution in [1.29, 1.82) is 0 Å². The van der Waals surface area contributed by atoms with Gasteiger partial charge in [0, 0.05) is 28.9 Å². The van der Waals surface area contributed by atoms with Crippen LogP contribution in [0.5, 0.6) is 17.2 Å². The van der Waals surface area contributed by atoms with Crippen molar-refractivity contribution in [2.75, 3.05) is 12.4 Å². The molecule has 0 amide bonds. The summed E-state index contributed by atoms with van der Waals surface area (Å²) in [5.41, 5.74) is 1.98. The van der Waals surface area contributed by atoms with E-state index in [0.29, 0.717) is 34.3 Å². The molecule has 0 radical (unpaired) electrons. The van der Waals surface area contributed by atoms with Crippen molar-refractivity contribution in [3.63, 3.8) is 0 Å². The molecule has 4 nitrogen and oxygen atoms in total. The summed E-state index contributed by atoms with van der Waals surface area (Å²) >= 11 is 24.3. The van der Waals surface area contributed by atoms with Gasteiger partial charge in [-0.05, 0) is 35.9 Å². The summed E-state index contributed by atoms with van der Waals surface area (Å²) < 4.78 is 24.4. The SMILES string of the molecule is COc1cc(CNc2cc(Cl)c(O)c(Cl)c2)c(Cl)cc1OCc1ccc(F)cc1Cl. The van der Waals surface area contributed by atoms with Crippen LogP contribution in [0, 0.1) is 5.82 Å². The topological polar surface area (TPSA) is 50.7 Å². The lowest BCUT2D eigenvalue weighted by molar-refractivity contribution is 0.284. The number of phenolic OH excluding ortho intramolecular Hbond substituents is 1. The van der Waals surface area contributed by atoms with Crippen LogP contribution in [0.15, 0.2) is 42.5 Å². The van der Waals surface area contributed by atoms with Gasteiger partial charge in [0.25, 0.3) is 0 Å². The summed E-state index contributed by atoms with van der Waals surface area (Å²) in [7, 11) is 1.51. The summed E-state index contributed by atoms with van der Waals surface area (Å²) in [6.45, 7) is 0.463. The maximum Gasteiger partial charge on any atom is 0.163 e. The molecule has 0 spiro atoms. The molecule has 3 aromatic rings. The number of phenols is 1. The van der Waals surface area contributed by atoms with Crippen molar-refractivity contribution in [3.8, 4) is 17.2 Å². The van der Waals surface area contributed by atoms with Gasteiger partial charge in [0.2, 0.25) is 0 Å². The lowest BCUT2D eigenvalue weighted by atomic mass is 10.2. The number of anilines is 1. The first-order valence-electron chi connectivity index (χ1n) is 8.63. The lowest BCUT2D eigenvalue weighted by Gasteiger charge is -2.15. The molecule has 0 saturated carbocycles. The predicted octanol–water partition coefficient (Wildman–Crippen LogP) is 7.34. The average molecular weight is 491 g/mol. The Bertz CT molecular complexity index is 1060. The van der Waals surface area contributed by atoms with Gasteiger partial charge in [-0.25, -0.2) is 4.39 Å². The summed E-state index contributed by atoms with van der Waals surface area (Å²) in [6.07, 6.45) is 0. The van der Waals surface area contributed by atoms with Crippen molar-refractivity contribution in [3.05, 3.63) is 79.5 Å². The molecule has 0 saturated heterocycles. The number of benzene rings is 3. The smallest absolute Gasteiger partial charge is 0.163 e. The number of aromatic hydroxyl groups is 1. The van der Waals surface area contributed by atoms with Crippen LogP contribution in [0.4, 0.5) is 10.1 Å². The first-order chi connectivity index (χ1) is 14.3. The second-order valence-corrected chi connectivity index (χ2v) is 7.89. The molecule has 0 bridgehead atoms. The van der Waals surface area contributed by atoms with Gasteiger partial charge < -0.3 is 19.9 Å². The first-order valence-corrected chi connectivity index (χ1v) is 10.1. The van der Waals surface area contributed by atoms with Gasteiger partial charge in [0.05, 0.1) is 22.2 Å². The standard InChI is InChI=1S/C21H16Cl4FNO3/c1-29-19-4-12(9-27-14-6-17(24)21(28)18(25)7-14)16(23)8-20(19)30-10-11-2-3-13(26)5-15(11)22/h2-8,27-28H,9-10H2,1H3. The summed E-state index contributed by atoms with van der Waals surface area (Å²) in [6, 6.07) is 10.6. The second kappa shape index (κ2) is 9.84. The molecule has 3 aromatic carbocycles. The molecule has 0 aliphatic carbocycles. The molecular weight excluding hydrogens is 475 g/mol. The third-order valence-electron chi connectivity index (χ3n) is 4.23. The molecule has 0 aliphatic rings. The predicted molar refractivity (Wildman–Crippen MR) is 119 cm³/mol. The monoisotopic (exact) mass is 489 g/mol. The summed E-state index contributed by atoms with van der Waals surface area (Å²) in [5.74, 6) is 0.294. The molecule has 0 atom stereocenters. The molecule has 9 heteroatoms. The fourth-order valence-electron chi connectivity index (χ4n) is 2.64. The Hall–Kier alpha value is -2.05. The molecular formula is C21H16Cl4FNO3. The minimum Gasteiger partial charge on any atom is -0.505 e. The van der Waals surface area contributed by atoms with Gasteiger partial charge in [-0.2, -0.15) is 0 Å². The number of rotatable bonds is 7. The van der Waals surface area contributed by atoms with E-state index in [1.54, 1.807) is 30.3 Å². The number of methoxy groups -OCH3 is 1. The lowest BCUT2D eigenvalue weighted by Crippen LogP contribution is -2.03. The van der Waals surface area contributed by atoms with E-state index >= 15 is 0 Å². The minimum absolute atomic E-state index is 0.119. The zero-order valence-corrected chi connectivity index (χ0v) is 18.6. The van der Waals surface area contributed by atoms with Crippen LogP contribution < -0.4 is 14.8 Å². The van der Waals surface area contributed by atoms with Gasteiger partial charge in [0.1, 0.15) is 12.4 Å². The van der Waals surface area contributed by atoms with Gasteiger partial charge in [-0.15, -0.1) is 0 Å². The largest absolute Gasteiger partial charge is 0.505 e. The highest BCUT2D eigenvalue weighted by molar-refractivity contribution is 6.37. The van der Waals surface area contributed by atoms with Crippen LogP contribution in [0.3, 0.4) is 0 Å². The van der Waals surface area contributed by atoms with Crippen LogP contribution in [-0.4, -0.2) is 12.2 Å². The van der Waals surface area contributed by atoms with Crippen molar-refractivity contribution in [2.45, 2.75) is 13.2 Å².